The Hall–Kier alpha value is -4.10. The van der Waals surface area contributed by atoms with Crippen LogP contribution in [-0.2, 0) is 21.4 Å². The van der Waals surface area contributed by atoms with E-state index in [0.29, 0.717) is 50.7 Å². The van der Waals surface area contributed by atoms with Crippen LogP contribution in [-0.4, -0.2) is 106 Å². The normalized spacial score (nSPS) is 15.2. The highest BCUT2D eigenvalue weighted by Crippen LogP contribution is 2.27. The Balaban J connectivity index is 1.45. The summed E-state index contributed by atoms with van der Waals surface area (Å²) in [5.74, 6) is 0.307. The van der Waals surface area contributed by atoms with Crippen molar-refractivity contribution in [3.63, 3.8) is 0 Å². The van der Waals surface area contributed by atoms with Gasteiger partial charge in [-0.3, -0.25) is 9.69 Å². The number of aliphatic hydroxyl groups is 1. The zero-order valence-corrected chi connectivity index (χ0v) is 26.3. The fraction of sp³-hybridized carbons (Fsp3) is 0.548. The first kappa shape index (κ1) is 32.8. The topological polar surface area (TPSA) is 168 Å². The van der Waals surface area contributed by atoms with Gasteiger partial charge < -0.3 is 40.7 Å². The number of aromatic amines is 2. The lowest BCUT2D eigenvalue weighted by atomic mass is 9.89. The average molecular weight is 611 g/mol. The van der Waals surface area contributed by atoms with Gasteiger partial charge in [0.25, 0.3) is 0 Å². The van der Waals surface area contributed by atoms with Crippen molar-refractivity contribution in [1.82, 2.24) is 40.7 Å². The zero-order valence-electron chi connectivity index (χ0n) is 26.3. The van der Waals surface area contributed by atoms with Crippen molar-refractivity contribution >= 4 is 28.9 Å². The van der Waals surface area contributed by atoms with E-state index < -0.39 is 23.2 Å². The summed E-state index contributed by atoms with van der Waals surface area (Å²) in [6.07, 6.45) is 3.52. The maximum atomic E-state index is 13.4. The van der Waals surface area contributed by atoms with Crippen molar-refractivity contribution in [3.05, 3.63) is 53.7 Å². The summed E-state index contributed by atoms with van der Waals surface area (Å²) in [4.78, 5) is 53.6. The van der Waals surface area contributed by atoms with Gasteiger partial charge >= 0.3 is 12.1 Å². The molecular formula is C31H46N8O5. The number of fused-ring (bicyclic) bond motifs is 1. The number of ether oxygens (including phenoxy) is 1. The SMILES string of the molecule is CC(C)(C)OC(=O)NCCNC(=O)C(C)(C)c1cnc([C@@H](Cc2c[nH]c3ccccc23)NC(=O)N2CCN(CCO)CC2)[nH]1. The number of urea groups is 1. The molecule has 1 fully saturated rings. The van der Waals surface area contributed by atoms with Crippen molar-refractivity contribution in [1.29, 1.82) is 0 Å². The highest BCUT2D eigenvalue weighted by molar-refractivity contribution is 5.87. The predicted molar refractivity (Wildman–Crippen MR) is 167 cm³/mol. The van der Waals surface area contributed by atoms with E-state index in [1.165, 1.54) is 0 Å². The van der Waals surface area contributed by atoms with Crippen LogP contribution in [0.1, 0.15) is 57.7 Å². The number of nitrogens with one attached hydrogen (secondary N) is 5. The van der Waals surface area contributed by atoms with E-state index in [-0.39, 0.29) is 31.6 Å². The summed E-state index contributed by atoms with van der Waals surface area (Å²) in [7, 11) is 0. The molecule has 1 atom stereocenters. The number of alkyl carbamates (subject to hydrolysis) is 1. The average Bonchev–Trinajstić information content (AvgIpc) is 3.63. The molecular weight excluding hydrogens is 564 g/mol. The number of piperazine rings is 1. The molecule has 4 rings (SSSR count). The predicted octanol–water partition coefficient (Wildman–Crippen LogP) is 2.41. The number of benzene rings is 1. The molecule has 240 valence electrons. The number of imidazole rings is 1. The van der Waals surface area contributed by atoms with Crippen molar-refractivity contribution in [2.75, 3.05) is 52.4 Å². The number of nitrogens with zero attached hydrogens (tertiary/aromatic N) is 3. The number of aromatic nitrogens is 3. The largest absolute Gasteiger partial charge is 0.444 e. The van der Waals surface area contributed by atoms with Gasteiger partial charge in [-0.05, 0) is 46.2 Å². The third-order valence-corrected chi connectivity index (χ3v) is 7.72. The maximum Gasteiger partial charge on any atom is 0.407 e. The second kappa shape index (κ2) is 14.1. The Bertz CT molecular complexity index is 1420. The quantitative estimate of drug-likeness (QED) is 0.181. The van der Waals surface area contributed by atoms with Crippen LogP contribution in [0, 0.1) is 0 Å². The van der Waals surface area contributed by atoms with E-state index in [9.17, 15) is 19.5 Å². The molecule has 3 heterocycles. The summed E-state index contributed by atoms with van der Waals surface area (Å²) >= 11 is 0. The minimum atomic E-state index is -0.963. The molecule has 1 aliphatic rings. The van der Waals surface area contributed by atoms with Crippen LogP contribution < -0.4 is 16.0 Å². The minimum absolute atomic E-state index is 0.0943. The first-order valence-electron chi connectivity index (χ1n) is 15.1. The molecule has 0 aliphatic carbocycles. The fourth-order valence-corrected chi connectivity index (χ4v) is 5.12. The van der Waals surface area contributed by atoms with E-state index in [2.05, 4.69) is 35.8 Å². The first-order valence-corrected chi connectivity index (χ1v) is 15.1. The second-order valence-corrected chi connectivity index (χ2v) is 12.6. The minimum Gasteiger partial charge on any atom is -0.444 e. The van der Waals surface area contributed by atoms with Crippen LogP contribution in [0.4, 0.5) is 9.59 Å². The summed E-state index contributed by atoms with van der Waals surface area (Å²) in [5.41, 5.74) is 1.07. The first-order chi connectivity index (χ1) is 20.9. The van der Waals surface area contributed by atoms with Crippen LogP contribution in [0.25, 0.3) is 10.9 Å². The number of carbonyl (C=O) groups excluding carboxylic acids is 3. The molecule has 0 bridgehead atoms. The summed E-state index contributed by atoms with van der Waals surface area (Å²) in [6.45, 7) is 12.6. The smallest absolute Gasteiger partial charge is 0.407 e. The van der Waals surface area contributed by atoms with Crippen LogP contribution >= 0.6 is 0 Å². The third kappa shape index (κ3) is 8.50. The molecule has 0 radical (unpaired) electrons. The molecule has 1 aliphatic heterocycles. The summed E-state index contributed by atoms with van der Waals surface area (Å²) in [5, 5.41) is 19.0. The number of carbonyl (C=O) groups is 3. The summed E-state index contributed by atoms with van der Waals surface area (Å²) < 4.78 is 5.23. The van der Waals surface area contributed by atoms with E-state index in [1.807, 2.05) is 30.5 Å². The Morgan fingerprint density at radius 1 is 1.05 bits per heavy atom. The van der Waals surface area contributed by atoms with Crippen LogP contribution in [0.2, 0.25) is 0 Å². The van der Waals surface area contributed by atoms with Crippen molar-refractivity contribution in [3.8, 4) is 0 Å². The molecule has 13 heteroatoms. The second-order valence-electron chi connectivity index (χ2n) is 12.6. The number of amides is 4. The van der Waals surface area contributed by atoms with Crippen molar-refractivity contribution in [2.45, 2.75) is 58.1 Å². The number of hydrogen-bond acceptors (Lipinski definition) is 7. The molecule has 13 nitrogen and oxygen atoms in total. The molecule has 0 saturated carbocycles. The number of rotatable bonds is 11. The van der Waals surface area contributed by atoms with Crippen LogP contribution in [0.3, 0.4) is 0 Å². The van der Waals surface area contributed by atoms with Gasteiger partial charge in [-0.15, -0.1) is 0 Å². The van der Waals surface area contributed by atoms with Gasteiger partial charge in [0.2, 0.25) is 5.91 Å². The zero-order chi connectivity index (χ0) is 31.9. The lowest BCUT2D eigenvalue weighted by Crippen LogP contribution is -2.52. The van der Waals surface area contributed by atoms with Gasteiger partial charge in [-0.1, -0.05) is 18.2 Å². The van der Waals surface area contributed by atoms with E-state index in [1.54, 1.807) is 45.7 Å². The van der Waals surface area contributed by atoms with E-state index >= 15 is 0 Å². The number of hydrogen-bond donors (Lipinski definition) is 6. The van der Waals surface area contributed by atoms with Gasteiger partial charge in [-0.25, -0.2) is 14.6 Å². The van der Waals surface area contributed by atoms with Gasteiger partial charge in [0.05, 0.1) is 18.1 Å². The van der Waals surface area contributed by atoms with Crippen molar-refractivity contribution in [2.24, 2.45) is 0 Å². The lowest BCUT2D eigenvalue weighted by molar-refractivity contribution is -0.125. The molecule has 4 amide bonds. The van der Waals surface area contributed by atoms with E-state index in [4.69, 9.17) is 4.74 Å². The Morgan fingerprint density at radius 3 is 2.45 bits per heavy atom. The lowest BCUT2D eigenvalue weighted by Gasteiger charge is -2.35. The maximum absolute atomic E-state index is 13.4. The number of β-amino-alcohol motifs (C(OH)–C–C–N with tert-alkyl or cyclic N) is 1. The van der Waals surface area contributed by atoms with Crippen LogP contribution in [0.15, 0.2) is 36.7 Å². The molecule has 0 spiro atoms. The highest BCUT2D eigenvalue weighted by atomic mass is 16.6. The Kier molecular flexibility index (Phi) is 10.5. The van der Waals surface area contributed by atoms with Crippen molar-refractivity contribution < 1.29 is 24.2 Å². The van der Waals surface area contributed by atoms with Gasteiger partial charge in [-0.2, -0.15) is 0 Å². The third-order valence-electron chi connectivity index (χ3n) is 7.72. The molecule has 1 aromatic carbocycles. The molecule has 3 aromatic rings. The molecule has 0 unspecified atom stereocenters. The number of para-hydroxylation sites is 1. The van der Waals surface area contributed by atoms with Gasteiger partial charge in [0, 0.05) is 81.2 Å². The van der Waals surface area contributed by atoms with E-state index in [0.717, 1.165) is 16.5 Å². The fourth-order valence-electron chi connectivity index (χ4n) is 5.12. The number of aliphatic hydroxyl groups excluding tert-OH is 1. The molecule has 44 heavy (non-hydrogen) atoms. The Morgan fingerprint density at radius 2 is 1.75 bits per heavy atom. The van der Waals surface area contributed by atoms with Gasteiger partial charge in [0.15, 0.2) is 0 Å². The summed E-state index contributed by atoms with van der Waals surface area (Å²) in [6, 6.07) is 7.33. The molecule has 6 N–H and O–H groups in total. The van der Waals surface area contributed by atoms with Gasteiger partial charge in [0.1, 0.15) is 11.4 Å². The molecule has 1 saturated heterocycles. The highest BCUT2D eigenvalue weighted by Gasteiger charge is 2.33. The number of H-pyrrole nitrogens is 2. The Labute approximate surface area is 258 Å². The molecule has 2 aromatic heterocycles. The monoisotopic (exact) mass is 610 g/mol. The van der Waals surface area contributed by atoms with Crippen LogP contribution in [0.5, 0.6) is 0 Å². The standard InChI is InChI=1S/C31H46N8O5/c1-30(2,3)44-29(43)33-11-10-32-27(41)31(4,5)25-20-35-26(37-25)24(18-21-19-34-23-9-7-6-8-22(21)23)36-28(42)39-14-12-38(13-15-39)16-17-40/h6-9,19-20,24,34,40H,10-18H2,1-5H3,(H,32,41)(H,33,43)(H,35,37)(H,36,42)/t24-/m1/s1.